The number of aromatic amines is 1. The van der Waals surface area contributed by atoms with Gasteiger partial charge in [-0.2, -0.15) is 22.1 Å². The quantitative estimate of drug-likeness (QED) is 0.668. The van der Waals surface area contributed by atoms with Gasteiger partial charge in [-0.25, -0.2) is 0 Å². The van der Waals surface area contributed by atoms with Crippen LogP contribution in [0.2, 0.25) is 5.02 Å². The molecule has 1 aromatic heterocycles. The summed E-state index contributed by atoms with van der Waals surface area (Å²) in [5, 5.41) is 8.09. The fraction of sp³-hybridized carbons (Fsp3) is 0.526. The Morgan fingerprint density at radius 3 is 2.82 bits per heavy atom. The van der Waals surface area contributed by atoms with Crippen molar-refractivity contribution in [2.24, 2.45) is 0 Å². The van der Waals surface area contributed by atoms with E-state index in [1.165, 1.54) is 4.31 Å². The van der Waals surface area contributed by atoms with E-state index in [0.29, 0.717) is 44.2 Å². The van der Waals surface area contributed by atoms with Crippen molar-refractivity contribution in [1.29, 1.82) is 0 Å². The molecule has 1 aromatic carbocycles. The van der Waals surface area contributed by atoms with Crippen LogP contribution in [0.5, 0.6) is 5.75 Å². The first-order valence-electron chi connectivity index (χ1n) is 9.61. The van der Waals surface area contributed by atoms with Crippen LogP contribution in [0.3, 0.4) is 0 Å². The van der Waals surface area contributed by atoms with Crippen LogP contribution in [0.15, 0.2) is 30.3 Å². The second kappa shape index (κ2) is 9.26. The van der Waals surface area contributed by atoms with E-state index in [-0.39, 0.29) is 5.92 Å². The zero-order chi connectivity index (χ0) is 20.1. The van der Waals surface area contributed by atoms with Crippen LogP contribution < -0.4 is 4.74 Å². The molecule has 3 rings (SSSR count). The summed E-state index contributed by atoms with van der Waals surface area (Å²) in [6.45, 7) is 6.21. The maximum atomic E-state index is 12.7. The number of ether oxygens (including phenoxy) is 1. The lowest BCUT2D eigenvalue weighted by Crippen LogP contribution is -2.42. The zero-order valence-corrected chi connectivity index (χ0v) is 17.8. The highest BCUT2D eigenvalue weighted by Gasteiger charge is 2.35. The minimum Gasteiger partial charge on any atom is -0.493 e. The second-order valence-electron chi connectivity index (χ2n) is 6.81. The molecule has 154 valence electrons. The van der Waals surface area contributed by atoms with E-state index in [4.69, 9.17) is 16.3 Å². The highest BCUT2D eigenvalue weighted by molar-refractivity contribution is 7.86. The standard InChI is InChI=1S/C19H27ClN4O3S/c1-3-23(4-2)28(25,26)24-10-8-15(14-24)19-13-17(21-22-19)9-11-27-18-7-5-6-16(20)12-18/h5-7,12-13,15H,3-4,8-11,14H2,1-2H3,(H,21,22). The summed E-state index contributed by atoms with van der Waals surface area (Å²) in [7, 11) is -3.39. The molecule has 28 heavy (non-hydrogen) atoms. The topological polar surface area (TPSA) is 78.5 Å². The molecule has 0 spiro atoms. The van der Waals surface area contributed by atoms with E-state index in [2.05, 4.69) is 10.2 Å². The molecule has 9 heteroatoms. The number of rotatable bonds is 9. The Bertz CT molecular complexity index is 883. The van der Waals surface area contributed by atoms with Gasteiger partial charge in [0.25, 0.3) is 10.2 Å². The van der Waals surface area contributed by atoms with E-state index in [1.807, 2.05) is 32.0 Å². The van der Waals surface area contributed by atoms with Crippen LogP contribution >= 0.6 is 11.6 Å². The van der Waals surface area contributed by atoms with Gasteiger partial charge in [-0.05, 0) is 30.7 Å². The van der Waals surface area contributed by atoms with Crippen LogP contribution in [-0.2, 0) is 16.6 Å². The lowest BCUT2D eigenvalue weighted by molar-refractivity contribution is 0.320. The molecule has 1 aliphatic heterocycles. The summed E-state index contributed by atoms with van der Waals surface area (Å²) in [6.07, 6.45) is 1.47. The van der Waals surface area contributed by atoms with Crippen molar-refractivity contribution in [2.45, 2.75) is 32.6 Å². The van der Waals surface area contributed by atoms with Gasteiger partial charge in [0.1, 0.15) is 5.75 Å². The Kier molecular flexibility index (Phi) is 6.98. The molecule has 0 radical (unpaired) electrons. The van der Waals surface area contributed by atoms with Crippen LogP contribution in [0.25, 0.3) is 0 Å². The lowest BCUT2D eigenvalue weighted by atomic mass is 10.0. The fourth-order valence-electron chi connectivity index (χ4n) is 3.44. The number of H-pyrrole nitrogens is 1. The first-order chi connectivity index (χ1) is 13.4. The van der Waals surface area contributed by atoms with Gasteiger partial charge in [-0.1, -0.05) is 31.5 Å². The average molecular weight is 427 g/mol. The normalized spacial score (nSPS) is 18.1. The molecule has 1 fully saturated rings. The molecule has 0 amide bonds. The molecule has 2 aromatic rings. The number of benzene rings is 1. The molecule has 1 N–H and O–H groups in total. The smallest absolute Gasteiger partial charge is 0.281 e. The molecule has 2 heterocycles. The van der Waals surface area contributed by atoms with Gasteiger partial charge in [-0.3, -0.25) is 5.10 Å². The molecular weight excluding hydrogens is 400 g/mol. The Balaban J connectivity index is 1.54. The van der Waals surface area contributed by atoms with E-state index < -0.39 is 10.2 Å². The Morgan fingerprint density at radius 2 is 2.11 bits per heavy atom. The molecule has 1 unspecified atom stereocenters. The summed E-state index contributed by atoms with van der Waals surface area (Å²) in [4.78, 5) is 0. The number of hydrogen-bond acceptors (Lipinski definition) is 4. The van der Waals surface area contributed by atoms with Crippen molar-refractivity contribution >= 4 is 21.8 Å². The first-order valence-corrected chi connectivity index (χ1v) is 11.4. The maximum absolute atomic E-state index is 12.7. The Labute approximate surface area is 171 Å². The third kappa shape index (κ3) is 4.86. The summed E-state index contributed by atoms with van der Waals surface area (Å²) in [6, 6.07) is 9.32. The summed E-state index contributed by atoms with van der Waals surface area (Å²) >= 11 is 5.95. The molecule has 1 saturated heterocycles. The summed E-state index contributed by atoms with van der Waals surface area (Å²) in [5.74, 6) is 0.851. The van der Waals surface area contributed by atoms with Crippen LogP contribution in [0.1, 0.15) is 37.6 Å². The number of aromatic nitrogens is 2. The zero-order valence-electron chi connectivity index (χ0n) is 16.3. The van der Waals surface area contributed by atoms with Gasteiger partial charge < -0.3 is 4.74 Å². The molecule has 1 atom stereocenters. The SMILES string of the molecule is CCN(CC)S(=O)(=O)N1CCC(c2cc(CCOc3cccc(Cl)c3)[nH]n2)C1. The minimum atomic E-state index is -3.39. The first kappa shape index (κ1) is 21.1. The predicted octanol–water partition coefficient (Wildman–Crippen LogP) is 3.06. The van der Waals surface area contributed by atoms with Gasteiger partial charge in [-0.15, -0.1) is 0 Å². The lowest BCUT2D eigenvalue weighted by Gasteiger charge is -2.25. The second-order valence-corrected chi connectivity index (χ2v) is 9.17. The van der Waals surface area contributed by atoms with Crippen molar-refractivity contribution in [3.05, 3.63) is 46.7 Å². The number of hydrogen-bond donors (Lipinski definition) is 1. The van der Waals surface area contributed by atoms with E-state index >= 15 is 0 Å². The largest absolute Gasteiger partial charge is 0.493 e. The van der Waals surface area contributed by atoms with Crippen LogP contribution in [-0.4, -0.2) is 60.0 Å². The number of halogens is 1. The highest BCUT2D eigenvalue weighted by Crippen LogP contribution is 2.29. The predicted molar refractivity (Wildman–Crippen MR) is 110 cm³/mol. The summed E-state index contributed by atoms with van der Waals surface area (Å²) in [5.41, 5.74) is 1.89. The van der Waals surface area contributed by atoms with Crippen molar-refractivity contribution in [3.63, 3.8) is 0 Å². The van der Waals surface area contributed by atoms with E-state index in [0.717, 1.165) is 23.6 Å². The fourth-order valence-corrected chi connectivity index (χ4v) is 5.31. The van der Waals surface area contributed by atoms with Gasteiger partial charge >= 0.3 is 0 Å². The van der Waals surface area contributed by atoms with Crippen molar-refractivity contribution < 1.29 is 13.2 Å². The van der Waals surface area contributed by atoms with Gasteiger partial charge in [0.15, 0.2) is 0 Å². The van der Waals surface area contributed by atoms with Crippen molar-refractivity contribution in [1.82, 2.24) is 18.8 Å². The number of nitrogens with one attached hydrogen (secondary N) is 1. The summed E-state index contributed by atoms with van der Waals surface area (Å²) < 4.78 is 34.1. The molecule has 0 saturated carbocycles. The van der Waals surface area contributed by atoms with Crippen molar-refractivity contribution in [3.8, 4) is 5.75 Å². The molecule has 0 aliphatic carbocycles. The van der Waals surface area contributed by atoms with Gasteiger partial charge in [0, 0.05) is 49.2 Å². The molecule has 7 nitrogen and oxygen atoms in total. The average Bonchev–Trinajstić information content (AvgIpc) is 3.32. The number of nitrogens with zero attached hydrogens (tertiary/aromatic N) is 3. The minimum absolute atomic E-state index is 0.115. The van der Waals surface area contributed by atoms with Gasteiger partial charge in [0.2, 0.25) is 0 Å². The Morgan fingerprint density at radius 1 is 1.32 bits per heavy atom. The molecule has 0 bridgehead atoms. The Hall–Kier alpha value is -1.61. The maximum Gasteiger partial charge on any atom is 0.281 e. The third-order valence-electron chi connectivity index (χ3n) is 5.01. The monoisotopic (exact) mass is 426 g/mol. The van der Waals surface area contributed by atoms with E-state index in [1.54, 1.807) is 16.4 Å². The molecule has 1 aliphatic rings. The van der Waals surface area contributed by atoms with Crippen molar-refractivity contribution in [2.75, 3.05) is 32.8 Å². The third-order valence-corrected chi connectivity index (χ3v) is 7.40. The van der Waals surface area contributed by atoms with Crippen LogP contribution in [0.4, 0.5) is 0 Å². The highest BCUT2D eigenvalue weighted by atomic mass is 35.5. The van der Waals surface area contributed by atoms with Gasteiger partial charge in [0.05, 0.1) is 12.3 Å². The molecular formula is C19H27ClN4O3S. The van der Waals surface area contributed by atoms with Crippen LogP contribution in [0, 0.1) is 0 Å². The van der Waals surface area contributed by atoms with E-state index in [9.17, 15) is 8.42 Å².